The molecule has 0 bridgehead atoms. The Morgan fingerprint density at radius 3 is 2.22 bits per heavy atom. The summed E-state index contributed by atoms with van der Waals surface area (Å²) in [5.74, 6) is 0.203. The zero-order valence-electron chi connectivity index (χ0n) is 11.1. The van der Waals surface area contributed by atoms with E-state index in [2.05, 4.69) is 24.3 Å². The standard InChI is InChI=1S/C13H22N2O2S/c1-15(9-10-18(2,16)17)11-13-5-3-12(4-6-13)7-8-14/h3-6H,7-11,14H2,1-2H3. The topological polar surface area (TPSA) is 63.4 Å². The Morgan fingerprint density at radius 1 is 1.17 bits per heavy atom. The molecule has 18 heavy (non-hydrogen) atoms. The van der Waals surface area contributed by atoms with Gasteiger partial charge in [0.15, 0.2) is 0 Å². The molecular weight excluding hydrogens is 248 g/mol. The molecule has 1 aromatic rings. The SMILES string of the molecule is CN(CCS(C)(=O)=O)Cc1ccc(CCN)cc1. The van der Waals surface area contributed by atoms with Gasteiger partial charge in [-0.25, -0.2) is 8.42 Å². The van der Waals surface area contributed by atoms with Crippen LogP contribution in [0.5, 0.6) is 0 Å². The maximum atomic E-state index is 11.1. The van der Waals surface area contributed by atoms with Gasteiger partial charge in [-0.15, -0.1) is 0 Å². The molecular formula is C13H22N2O2S. The number of sulfone groups is 1. The van der Waals surface area contributed by atoms with Gasteiger partial charge >= 0.3 is 0 Å². The lowest BCUT2D eigenvalue weighted by molar-refractivity contribution is 0.346. The van der Waals surface area contributed by atoms with Crippen LogP contribution >= 0.6 is 0 Å². The van der Waals surface area contributed by atoms with Gasteiger partial charge in [-0.2, -0.15) is 0 Å². The summed E-state index contributed by atoms with van der Waals surface area (Å²) >= 11 is 0. The van der Waals surface area contributed by atoms with Crippen molar-refractivity contribution < 1.29 is 8.42 Å². The molecule has 4 nitrogen and oxygen atoms in total. The first kappa shape index (κ1) is 15.1. The molecule has 0 atom stereocenters. The fraction of sp³-hybridized carbons (Fsp3) is 0.538. The van der Waals surface area contributed by atoms with Crippen molar-refractivity contribution in [2.75, 3.05) is 32.1 Å². The minimum absolute atomic E-state index is 0.203. The maximum absolute atomic E-state index is 11.1. The zero-order chi connectivity index (χ0) is 13.6. The molecule has 0 amide bonds. The van der Waals surface area contributed by atoms with E-state index in [1.807, 2.05) is 11.9 Å². The number of nitrogens with zero attached hydrogens (tertiary/aromatic N) is 1. The fourth-order valence-electron chi connectivity index (χ4n) is 1.69. The van der Waals surface area contributed by atoms with Crippen molar-refractivity contribution in [3.05, 3.63) is 35.4 Å². The molecule has 0 aliphatic rings. The minimum atomic E-state index is -2.88. The van der Waals surface area contributed by atoms with E-state index >= 15 is 0 Å². The summed E-state index contributed by atoms with van der Waals surface area (Å²) in [6.07, 6.45) is 2.16. The van der Waals surface area contributed by atoms with Crippen LogP contribution in [0.3, 0.4) is 0 Å². The van der Waals surface area contributed by atoms with Gasteiger partial charge in [-0.1, -0.05) is 24.3 Å². The van der Waals surface area contributed by atoms with Crippen LogP contribution in [-0.2, 0) is 22.8 Å². The Hall–Kier alpha value is -0.910. The summed E-state index contributed by atoms with van der Waals surface area (Å²) < 4.78 is 22.1. The molecule has 1 aromatic carbocycles. The van der Waals surface area contributed by atoms with Crippen LogP contribution in [0.1, 0.15) is 11.1 Å². The van der Waals surface area contributed by atoms with Crippen molar-refractivity contribution in [2.45, 2.75) is 13.0 Å². The van der Waals surface area contributed by atoms with Crippen LogP contribution in [0.2, 0.25) is 0 Å². The molecule has 0 radical (unpaired) electrons. The summed E-state index contributed by atoms with van der Waals surface area (Å²) in [4.78, 5) is 2.01. The van der Waals surface area contributed by atoms with Gasteiger partial charge in [0.1, 0.15) is 9.84 Å². The van der Waals surface area contributed by atoms with Gasteiger partial charge in [0.2, 0.25) is 0 Å². The number of hydrogen-bond acceptors (Lipinski definition) is 4. The quantitative estimate of drug-likeness (QED) is 0.791. The second kappa shape index (κ2) is 6.87. The van der Waals surface area contributed by atoms with E-state index < -0.39 is 9.84 Å². The monoisotopic (exact) mass is 270 g/mol. The summed E-state index contributed by atoms with van der Waals surface area (Å²) in [5, 5.41) is 0. The normalized spacial score (nSPS) is 12.0. The van der Waals surface area contributed by atoms with E-state index in [9.17, 15) is 8.42 Å². The van der Waals surface area contributed by atoms with Crippen LogP contribution in [-0.4, -0.2) is 45.5 Å². The predicted molar refractivity (Wildman–Crippen MR) is 75.2 cm³/mol. The van der Waals surface area contributed by atoms with E-state index in [1.165, 1.54) is 17.4 Å². The van der Waals surface area contributed by atoms with E-state index in [4.69, 9.17) is 5.73 Å². The molecule has 0 aliphatic heterocycles. The van der Waals surface area contributed by atoms with Crippen LogP contribution in [0.25, 0.3) is 0 Å². The molecule has 0 heterocycles. The smallest absolute Gasteiger partial charge is 0.148 e. The summed E-state index contributed by atoms with van der Waals surface area (Å²) in [6, 6.07) is 8.29. The Bertz CT molecular complexity index is 454. The van der Waals surface area contributed by atoms with Crippen molar-refractivity contribution in [2.24, 2.45) is 5.73 Å². The minimum Gasteiger partial charge on any atom is -0.330 e. The highest BCUT2D eigenvalue weighted by Gasteiger charge is 2.06. The Balaban J connectivity index is 2.46. The molecule has 0 spiro atoms. The van der Waals surface area contributed by atoms with Gasteiger partial charge in [0, 0.05) is 19.3 Å². The van der Waals surface area contributed by atoms with E-state index in [0.717, 1.165) is 13.0 Å². The molecule has 0 aromatic heterocycles. The fourth-order valence-corrected chi connectivity index (χ4v) is 2.33. The summed E-state index contributed by atoms with van der Waals surface area (Å²) in [6.45, 7) is 1.98. The average Bonchev–Trinajstić information content (AvgIpc) is 2.29. The molecule has 2 N–H and O–H groups in total. The van der Waals surface area contributed by atoms with E-state index in [-0.39, 0.29) is 5.75 Å². The van der Waals surface area contributed by atoms with E-state index in [1.54, 1.807) is 0 Å². The number of rotatable bonds is 7. The van der Waals surface area contributed by atoms with Crippen molar-refractivity contribution in [3.8, 4) is 0 Å². The highest BCUT2D eigenvalue weighted by molar-refractivity contribution is 7.90. The molecule has 0 aliphatic carbocycles. The maximum Gasteiger partial charge on any atom is 0.148 e. The predicted octanol–water partition coefficient (Wildman–Crippen LogP) is 0.664. The third kappa shape index (κ3) is 6.14. The largest absolute Gasteiger partial charge is 0.330 e. The average molecular weight is 270 g/mol. The summed E-state index contributed by atoms with van der Waals surface area (Å²) in [5.41, 5.74) is 7.92. The van der Waals surface area contributed by atoms with Gasteiger partial charge in [0.25, 0.3) is 0 Å². The third-order valence-corrected chi connectivity index (χ3v) is 3.68. The molecule has 102 valence electrons. The molecule has 0 fully saturated rings. The number of nitrogens with two attached hydrogens (primary N) is 1. The Kier molecular flexibility index (Phi) is 5.78. The lowest BCUT2D eigenvalue weighted by Crippen LogP contribution is -2.24. The number of hydrogen-bond donors (Lipinski definition) is 1. The third-order valence-electron chi connectivity index (χ3n) is 2.75. The molecule has 1 rings (SSSR count). The van der Waals surface area contributed by atoms with Crippen LogP contribution in [0.15, 0.2) is 24.3 Å². The first-order chi connectivity index (χ1) is 8.40. The molecule has 0 unspecified atom stereocenters. The van der Waals surface area contributed by atoms with Crippen molar-refractivity contribution >= 4 is 9.84 Å². The second-order valence-corrected chi connectivity index (χ2v) is 6.98. The van der Waals surface area contributed by atoms with Crippen molar-refractivity contribution in [1.82, 2.24) is 4.90 Å². The summed E-state index contributed by atoms with van der Waals surface area (Å²) in [7, 11) is -0.952. The molecule has 5 heteroatoms. The van der Waals surface area contributed by atoms with Gasteiger partial charge in [0.05, 0.1) is 5.75 Å². The van der Waals surface area contributed by atoms with Crippen molar-refractivity contribution in [3.63, 3.8) is 0 Å². The van der Waals surface area contributed by atoms with Crippen LogP contribution < -0.4 is 5.73 Å². The zero-order valence-corrected chi connectivity index (χ0v) is 11.9. The van der Waals surface area contributed by atoms with Crippen LogP contribution in [0, 0.1) is 0 Å². The van der Waals surface area contributed by atoms with Crippen molar-refractivity contribution in [1.29, 1.82) is 0 Å². The van der Waals surface area contributed by atoms with Gasteiger partial charge < -0.3 is 10.6 Å². The van der Waals surface area contributed by atoms with E-state index in [0.29, 0.717) is 13.1 Å². The van der Waals surface area contributed by atoms with Gasteiger partial charge in [-0.3, -0.25) is 0 Å². The Morgan fingerprint density at radius 2 is 1.72 bits per heavy atom. The lowest BCUT2D eigenvalue weighted by Gasteiger charge is -2.16. The second-order valence-electron chi connectivity index (χ2n) is 4.72. The molecule has 0 saturated heterocycles. The number of benzene rings is 1. The first-order valence-corrected chi connectivity index (χ1v) is 8.11. The highest BCUT2D eigenvalue weighted by Crippen LogP contribution is 2.07. The first-order valence-electron chi connectivity index (χ1n) is 6.05. The lowest BCUT2D eigenvalue weighted by atomic mass is 10.1. The van der Waals surface area contributed by atoms with Crippen LogP contribution in [0.4, 0.5) is 0 Å². The highest BCUT2D eigenvalue weighted by atomic mass is 32.2. The molecule has 0 saturated carbocycles. The van der Waals surface area contributed by atoms with Gasteiger partial charge in [-0.05, 0) is 31.1 Å². The Labute approximate surface area is 110 Å².